The van der Waals surface area contributed by atoms with Crippen molar-refractivity contribution in [2.75, 3.05) is 12.4 Å². The molecule has 1 amide bonds. The average molecular weight is 261 g/mol. The molecule has 0 bridgehead atoms. The van der Waals surface area contributed by atoms with Crippen LogP contribution in [0.15, 0.2) is 12.1 Å². The number of carbonyl (C=O) groups excluding carboxylic acids is 1. The van der Waals surface area contributed by atoms with E-state index in [9.17, 15) is 4.79 Å². The van der Waals surface area contributed by atoms with Crippen molar-refractivity contribution in [3.63, 3.8) is 0 Å². The Morgan fingerprint density at radius 2 is 2.11 bits per heavy atom. The lowest BCUT2D eigenvalue weighted by atomic mass is 9.74. The zero-order valence-electron chi connectivity index (χ0n) is 12.0. The summed E-state index contributed by atoms with van der Waals surface area (Å²) in [6.45, 7) is 4.19. The SMILES string of the molecule is CCc1cc(C(=O)NC2(CC)CCC2)cc(NC)n1. The third-order valence-corrected chi connectivity index (χ3v) is 4.13. The first-order valence-electron chi connectivity index (χ1n) is 7.13. The number of aromatic nitrogens is 1. The molecule has 1 aliphatic rings. The molecule has 0 aliphatic heterocycles. The van der Waals surface area contributed by atoms with Crippen LogP contribution in [-0.4, -0.2) is 23.5 Å². The predicted octanol–water partition coefficient (Wildman–Crippen LogP) is 2.75. The molecule has 1 aromatic rings. The number of anilines is 1. The lowest BCUT2D eigenvalue weighted by Crippen LogP contribution is -2.53. The normalized spacial score (nSPS) is 16.6. The summed E-state index contributed by atoms with van der Waals surface area (Å²) in [5.74, 6) is 0.777. The maximum atomic E-state index is 12.4. The zero-order chi connectivity index (χ0) is 13.9. The second-order valence-corrected chi connectivity index (χ2v) is 5.28. The molecule has 1 aromatic heterocycles. The minimum absolute atomic E-state index is 0.0233. The Morgan fingerprint density at radius 1 is 1.37 bits per heavy atom. The fourth-order valence-electron chi connectivity index (χ4n) is 2.51. The molecule has 4 nitrogen and oxygen atoms in total. The van der Waals surface area contributed by atoms with Crippen LogP contribution in [0.3, 0.4) is 0 Å². The topological polar surface area (TPSA) is 54.0 Å². The minimum Gasteiger partial charge on any atom is -0.373 e. The molecule has 4 heteroatoms. The van der Waals surface area contributed by atoms with Gasteiger partial charge in [0.1, 0.15) is 5.82 Å². The molecular formula is C15H23N3O. The molecule has 0 aromatic carbocycles. The predicted molar refractivity (Wildman–Crippen MR) is 77.5 cm³/mol. The standard InChI is InChI=1S/C15H23N3O/c1-4-12-9-11(10-13(16-3)17-12)14(19)18-15(5-2)7-6-8-15/h9-10H,4-8H2,1-3H3,(H,16,17)(H,18,19). The Kier molecular flexibility index (Phi) is 4.08. The maximum absolute atomic E-state index is 12.4. The molecule has 2 N–H and O–H groups in total. The number of carbonyl (C=O) groups is 1. The quantitative estimate of drug-likeness (QED) is 0.857. The number of hydrogen-bond donors (Lipinski definition) is 2. The molecule has 1 fully saturated rings. The van der Waals surface area contributed by atoms with Gasteiger partial charge >= 0.3 is 0 Å². The zero-order valence-corrected chi connectivity index (χ0v) is 12.0. The maximum Gasteiger partial charge on any atom is 0.251 e. The van der Waals surface area contributed by atoms with E-state index in [4.69, 9.17) is 0 Å². The van der Waals surface area contributed by atoms with Crippen LogP contribution >= 0.6 is 0 Å². The first-order chi connectivity index (χ1) is 9.12. The number of pyridine rings is 1. The van der Waals surface area contributed by atoms with E-state index in [1.165, 1.54) is 6.42 Å². The van der Waals surface area contributed by atoms with Crippen molar-refractivity contribution in [3.8, 4) is 0 Å². The molecule has 1 saturated carbocycles. The second-order valence-electron chi connectivity index (χ2n) is 5.28. The van der Waals surface area contributed by atoms with E-state index in [-0.39, 0.29) is 11.4 Å². The lowest BCUT2D eigenvalue weighted by molar-refractivity contribution is 0.0820. The molecule has 19 heavy (non-hydrogen) atoms. The van der Waals surface area contributed by atoms with Gasteiger partial charge in [0.05, 0.1) is 0 Å². The highest BCUT2D eigenvalue weighted by molar-refractivity contribution is 5.95. The van der Waals surface area contributed by atoms with E-state index < -0.39 is 0 Å². The van der Waals surface area contributed by atoms with Gasteiger partial charge in [-0.3, -0.25) is 4.79 Å². The highest BCUT2D eigenvalue weighted by atomic mass is 16.1. The van der Waals surface area contributed by atoms with Crippen LogP contribution in [0.1, 0.15) is 55.6 Å². The second kappa shape index (κ2) is 5.59. The molecule has 2 rings (SSSR count). The van der Waals surface area contributed by atoms with Gasteiger partial charge < -0.3 is 10.6 Å². The molecule has 0 spiro atoms. The van der Waals surface area contributed by atoms with Gasteiger partial charge in [-0.15, -0.1) is 0 Å². The smallest absolute Gasteiger partial charge is 0.251 e. The summed E-state index contributed by atoms with van der Waals surface area (Å²) in [6, 6.07) is 3.70. The fraction of sp³-hybridized carbons (Fsp3) is 0.600. The van der Waals surface area contributed by atoms with Gasteiger partial charge in [0, 0.05) is 23.8 Å². The summed E-state index contributed by atoms with van der Waals surface area (Å²) < 4.78 is 0. The van der Waals surface area contributed by atoms with Gasteiger partial charge in [-0.2, -0.15) is 0 Å². The molecule has 1 heterocycles. The number of hydrogen-bond acceptors (Lipinski definition) is 3. The Labute approximate surface area is 115 Å². The van der Waals surface area contributed by atoms with E-state index in [1.54, 1.807) is 0 Å². The average Bonchev–Trinajstić information content (AvgIpc) is 2.41. The fourth-order valence-corrected chi connectivity index (χ4v) is 2.51. The van der Waals surface area contributed by atoms with Crippen molar-refractivity contribution in [2.45, 2.75) is 51.5 Å². The number of nitrogens with zero attached hydrogens (tertiary/aromatic N) is 1. The van der Waals surface area contributed by atoms with Crippen LogP contribution in [0, 0.1) is 0 Å². The largest absolute Gasteiger partial charge is 0.373 e. The van der Waals surface area contributed by atoms with Crippen molar-refractivity contribution in [2.24, 2.45) is 0 Å². The van der Waals surface area contributed by atoms with Gasteiger partial charge in [0.2, 0.25) is 0 Å². The molecule has 1 aliphatic carbocycles. The third-order valence-electron chi connectivity index (χ3n) is 4.13. The number of rotatable bonds is 5. The molecular weight excluding hydrogens is 238 g/mol. The van der Waals surface area contributed by atoms with E-state index >= 15 is 0 Å². The molecule has 0 radical (unpaired) electrons. The number of nitrogens with one attached hydrogen (secondary N) is 2. The van der Waals surface area contributed by atoms with E-state index in [1.807, 2.05) is 26.1 Å². The van der Waals surface area contributed by atoms with Crippen LogP contribution < -0.4 is 10.6 Å². The summed E-state index contributed by atoms with van der Waals surface area (Å²) >= 11 is 0. The van der Waals surface area contributed by atoms with Crippen molar-refractivity contribution in [1.29, 1.82) is 0 Å². The number of aryl methyl sites for hydroxylation is 1. The van der Waals surface area contributed by atoms with Crippen molar-refractivity contribution >= 4 is 11.7 Å². The van der Waals surface area contributed by atoms with Gasteiger partial charge in [-0.25, -0.2) is 4.98 Å². The highest BCUT2D eigenvalue weighted by Crippen LogP contribution is 2.34. The van der Waals surface area contributed by atoms with Crippen LogP contribution in [0.5, 0.6) is 0 Å². The Morgan fingerprint density at radius 3 is 2.58 bits per heavy atom. The van der Waals surface area contributed by atoms with Crippen LogP contribution in [0.25, 0.3) is 0 Å². The first-order valence-corrected chi connectivity index (χ1v) is 7.13. The van der Waals surface area contributed by atoms with Crippen molar-refractivity contribution in [3.05, 3.63) is 23.4 Å². The highest BCUT2D eigenvalue weighted by Gasteiger charge is 2.36. The van der Waals surface area contributed by atoms with E-state index in [0.717, 1.165) is 37.2 Å². The number of amides is 1. The first kappa shape index (κ1) is 13.8. The van der Waals surface area contributed by atoms with Crippen molar-refractivity contribution < 1.29 is 4.79 Å². The lowest BCUT2D eigenvalue weighted by Gasteiger charge is -2.42. The van der Waals surface area contributed by atoms with Crippen LogP contribution in [0.2, 0.25) is 0 Å². The Bertz CT molecular complexity index is 439. The summed E-state index contributed by atoms with van der Waals surface area (Å²) in [4.78, 5) is 16.8. The van der Waals surface area contributed by atoms with Gasteiger partial charge in [0.25, 0.3) is 5.91 Å². The van der Waals surface area contributed by atoms with Crippen molar-refractivity contribution in [1.82, 2.24) is 10.3 Å². The van der Waals surface area contributed by atoms with Gasteiger partial charge in [0.15, 0.2) is 0 Å². The van der Waals surface area contributed by atoms with Crippen LogP contribution in [-0.2, 0) is 6.42 Å². The third kappa shape index (κ3) is 2.88. The van der Waals surface area contributed by atoms with Crippen LogP contribution in [0.4, 0.5) is 5.82 Å². The molecule has 0 saturated heterocycles. The van der Waals surface area contributed by atoms with E-state index in [0.29, 0.717) is 5.56 Å². The summed E-state index contributed by atoms with van der Waals surface area (Å²) in [6.07, 6.45) is 5.24. The minimum atomic E-state index is 0.0233. The Hall–Kier alpha value is -1.58. The molecule has 104 valence electrons. The van der Waals surface area contributed by atoms with E-state index in [2.05, 4.69) is 22.5 Å². The summed E-state index contributed by atoms with van der Waals surface area (Å²) in [7, 11) is 1.82. The molecule has 0 atom stereocenters. The van der Waals surface area contributed by atoms with Gasteiger partial charge in [-0.1, -0.05) is 13.8 Å². The Balaban J connectivity index is 2.18. The summed E-state index contributed by atoms with van der Waals surface area (Å²) in [5, 5.41) is 6.21. The molecule has 0 unspecified atom stereocenters. The monoisotopic (exact) mass is 261 g/mol. The van der Waals surface area contributed by atoms with Gasteiger partial charge in [-0.05, 0) is 44.2 Å². The summed E-state index contributed by atoms with van der Waals surface area (Å²) in [5.41, 5.74) is 1.68.